The summed E-state index contributed by atoms with van der Waals surface area (Å²) in [5.41, 5.74) is 0.151. The largest absolute Gasteiger partial charge is 0.497 e. The number of carboxylic acids is 1. The number of aromatic carboxylic acids is 1. The van der Waals surface area contributed by atoms with E-state index in [1.807, 2.05) is 20.8 Å². The highest BCUT2D eigenvalue weighted by Gasteiger charge is 2.16. The van der Waals surface area contributed by atoms with Gasteiger partial charge < -0.3 is 14.6 Å². The zero-order chi connectivity index (χ0) is 13.0. The molecular formula is C13H18O4. The Morgan fingerprint density at radius 2 is 1.94 bits per heavy atom. The van der Waals surface area contributed by atoms with Crippen LogP contribution in [0.3, 0.4) is 0 Å². The lowest BCUT2D eigenvalue weighted by Crippen LogP contribution is -2.20. The summed E-state index contributed by atoms with van der Waals surface area (Å²) in [6, 6.07) is 4.70. The van der Waals surface area contributed by atoms with Gasteiger partial charge in [-0.2, -0.15) is 0 Å². The number of benzene rings is 1. The highest BCUT2D eigenvalue weighted by Crippen LogP contribution is 2.26. The average molecular weight is 238 g/mol. The Kier molecular flexibility index (Phi) is 4.37. The molecule has 1 atom stereocenters. The van der Waals surface area contributed by atoms with Gasteiger partial charge >= 0.3 is 5.97 Å². The molecule has 94 valence electrons. The summed E-state index contributed by atoms with van der Waals surface area (Å²) in [4.78, 5) is 11.1. The van der Waals surface area contributed by atoms with Crippen LogP contribution in [0.25, 0.3) is 0 Å². The van der Waals surface area contributed by atoms with Crippen LogP contribution < -0.4 is 9.47 Å². The number of hydrogen-bond donors (Lipinski definition) is 1. The maximum atomic E-state index is 11.1. The lowest BCUT2D eigenvalue weighted by atomic mass is 10.1. The molecule has 0 aliphatic carbocycles. The van der Waals surface area contributed by atoms with Gasteiger partial charge in [0, 0.05) is 6.07 Å². The van der Waals surface area contributed by atoms with E-state index in [-0.39, 0.29) is 11.7 Å². The van der Waals surface area contributed by atoms with Crippen LogP contribution in [-0.2, 0) is 0 Å². The van der Waals surface area contributed by atoms with Crippen LogP contribution in [0.15, 0.2) is 18.2 Å². The van der Waals surface area contributed by atoms with Crippen molar-refractivity contribution in [2.24, 2.45) is 5.92 Å². The zero-order valence-corrected chi connectivity index (χ0v) is 10.6. The third kappa shape index (κ3) is 3.37. The smallest absolute Gasteiger partial charge is 0.339 e. The van der Waals surface area contributed by atoms with Crippen molar-refractivity contribution in [2.45, 2.75) is 26.9 Å². The summed E-state index contributed by atoms with van der Waals surface area (Å²) < 4.78 is 10.7. The Balaban J connectivity index is 3.05. The number of carbonyl (C=O) groups is 1. The lowest BCUT2D eigenvalue weighted by Gasteiger charge is -2.19. The monoisotopic (exact) mass is 238 g/mol. The molecule has 1 aromatic carbocycles. The Morgan fingerprint density at radius 1 is 1.29 bits per heavy atom. The van der Waals surface area contributed by atoms with E-state index in [9.17, 15) is 4.79 Å². The molecule has 0 heterocycles. The van der Waals surface area contributed by atoms with E-state index in [1.165, 1.54) is 13.2 Å². The fourth-order valence-corrected chi connectivity index (χ4v) is 1.24. The molecule has 0 spiro atoms. The van der Waals surface area contributed by atoms with Crippen molar-refractivity contribution < 1.29 is 19.4 Å². The third-order valence-corrected chi connectivity index (χ3v) is 2.67. The zero-order valence-electron chi connectivity index (χ0n) is 10.6. The van der Waals surface area contributed by atoms with Crippen LogP contribution in [0.4, 0.5) is 0 Å². The number of hydrogen-bond acceptors (Lipinski definition) is 3. The van der Waals surface area contributed by atoms with Crippen molar-refractivity contribution >= 4 is 5.97 Å². The van der Waals surface area contributed by atoms with Crippen molar-refractivity contribution in [1.82, 2.24) is 0 Å². The molecular weight excluding hydrogens is 220 g/mol. The van der Waals surface area contributed by atoms with Crippen molar-refractivity contribution in [3.63, 3.8) is 0 Å². The molecule has 0 aliphatic rings. The van der Waals surface area contributed by atoms with Crippen LogP contribution in [0.5, 0.6) is 11.5 Å². The highest BCUT2D eigenvalue weighted by molar-refractivity contribution is 5.91. The SMILES string of the molecule is COc1ccc(C(=O)O)c(OC(C)C(C)C)c1. The topological polar surface area (TPSA) is 55.8 Å². The van der Waals surface area contributed by atoms with E-state index >= 15 is 0 Å². The first kappa shape index (κ1) is 13.4. The predicted octanol–water partition coefficient (Wildman–Crippen LogP) is 2.82. The second-order valence-electron chi connectivity index (χ2n) is 4.23. The molecule has 17 heavy (non-hydrogen) atoms. The fraction of sp³-hybridized carbons (Fsp3) is 0.462. The van der Waals surface area contributed by atoms with Gasteiger partial charge in [-0.05, 0) is 25.0 Å². The Morgan fingerprint density at radius 3 is 2.41 bits per heavy atom. The molecule has 1 N–H and O–H groups in total. The standard InChI is InChI=1S/C13H18O4/c1-8(2)9(3)17-12-7-10(16-4)5-6-11(12)13(14)15/h5-9H,1-4H3,(H,14,15). The summed E-state index contributed by atoms with van der Waals surface area (Å²) >= 11 is 0. The molecule has 1 unspecified atom stereocenters. The summed E-state index contributed by atoms with van der Waals surface area (Å²) in [6.45, 7) is 5.95. The van der Waals surface area contributed by atoms with Gasteiger partial charge in [0.25, 0.3) is 0 Å². The second-order valence-corrected chi connectivity index (χ2v) is 4.23. The van der Waals surface area contributed by atoms with Crippen LogP contribution in [-0.4, -0.2) is 24.3 Å². The first-order chi connectivity index (χ1) is 7.95. The molecule has 4 nitrogen and oxygen atoms in total. The summed E-state index contributed by atoms with van der Waals surface area (Å²) in [5, 5.41) is 9.06. The number of rotatable bonds is 5. The predicted molar refractivity (Wildman–Crippen MR) is 64.9 cm³/mol. The summed E-state index contributed by atoms with van der Waals surface area (Å²) in [6.07, 6.45) is -0.0554. The van der Waals surface area contributed by atoms with Gasteiger partial charge in [0.05, 0.1) is 13.2 Å². The minimum atomic E-state index is -1.00. The third-order valence-electron chi connectivity index (χ3n) is 2.67. The van der Waals surface area contributed by atoms with Gasteiger partial charge in [-0.15, -0.1) is 0 Å². The lowest BCUT2D eigenvalue weighted by molar-refractivity contribution is 0.0687. The molecule has 0 aliphatic heterocycles. The maximum Gasteiger partial charge on any atom is 0.339 e. The minimum absolute atomic E-state index is 0.0554. The van der Waals surface area contributed by atoms with Gasteiger partial charge in [0.2, 0.25) is 0 Å². The molecule has 0 saturated heterocycles. The Hall–Kier alpha value is -1.71. The fourth-order valence-electron chi connectivity index (χ4n) is 1.24. The molecule has 1 rings (SSSR count). The van der Waals surface area contributed by atoms with E-state index < -0.39 is 5.97 Å². The van der Waals surface area contributed by atoms with Crippen molar-refractivity contribution in [1.29, 1.82) is 0 Å². The quantitative estimate of drug-likeness (QED) is 0.857. The molecule has 0 radical (unpaired) electrons. The first-order valence-corrected chi connectivity index (χ1v) is 5.53. The van der Waals surface area contributed by atoms with E-state index in [0.717, 1.165) is 0 Å². The van der Waals surface area contributed by atoms with Gasteiger partial charge in [0.1, 0.15) is 17.1 Å². The Bertz CT molecular complexity index is 398. The summed E-state index contributed by atoms with van der Waals surface area (Å²) in [5.74, 6) is 0.237. The van der Waals surface area contributed by atoms with Crippen molar-refractivity contribution in [3.8, 4) is 11.5 Å². The first-order valence-electron chi connectivity index (χ1n) is 5.53. The van der Waals surface area contributed by atoms with E-state index in [0.29, 0.717) is 17.4 Å². The molecule has 0 bridgehead atoms. The highest BCUT2D eigenvalue weighted by atomic mass is 16.5. The van der Waals surface area contributed by atoms with E-state index in [4.69, 9.17) is 14.6 Å². The van der Waals surface area contributed by atoms with Crippen LogP contribution >= 0.6 is 0 Å². The van der Waals surface area contributed by atoms with E-state index in [2.05, 4.69) is 0 Å². The van der Waals surface area contributed by atoms with Gasteiger partial charge in [-0.25, -0.2) is 4.79 Å². The molecule has 1 aromatic rings. The molecule has 0 amide bonds. The molecule has 0 aromatic heterocycles. The number of methoxy groups -OCH3 is 1. The maximum absolute atomic E-state index is 11.1. The Labute approximate surface area is 101 Å². The van der Waals surface area contributed by atoms with Crippen LogP contribution in [0.1, 0.15) is 31.1 Å². The minimum Gasteiger partial charge on any atom is -0.497 e. The van der Waals surface area contributed by atoms with Gasteiger partial charge in [-0.3, -0.25) is 0 Å². The van der Waals surface area contributed by atoms with Gasteiger partial charge in [0.15, 0.2) is 0 Å². The van der Waals surface area contributed by atoms with Crippen LogP contribution in [0.2, 0.25) is 0 Å². The van der Waals surface area contributed by atoms with E-state index in [1.54, 1.807) is 12.1 Å². The average Bonchev–Trinajstić information content (AvgIpc) is 2.28. The van der Waals surface area contributed by atoms with Gasteiger partial charge in [-0.1, -0.05) is 13.8 Å². The van der Waals surface area contributed by atoms with Crippen molar-refractivity contribution in [2.75, 3.05) is 7.11 Å². The van der Waals surface area contributed by atoms with Crippen LogP contribution in [0, 0.1) is 5.92 Å². The normalized spacial score (nSPS) is 12.3. The second kappa shape index (κ2) is 5.57. The molecule has 0 saturated carbocycles. The molecule has 4 heteroatoms. The molecule has 0 fully saturated rings. The van der Waals surface area contributed by atoms with Crippen molar-refractivity contribution in [3.05, 3.63) is 23.8 Å². The number of carboxylic acid groups (broad SMARTS) is 1. The number of ether oxygens (including phenoxy) is 2. The summed E-state index contributed by atoms with van der Waals surface area (Å²) in [7, 11) is 1.53.